The van der Waals surface area contributed by atoms with Crippen LogP contribution in [0.25, 0.3) is 0 Å². The Hall–Kier alpha value is -2.18. The molecule has 80 valence electrons. The fourth-order valence-corrected chi connectivity index (χ4v) is 1.08. The van der Waals surface area contributed by atoms with Crippen molar-refractivity contribution in [3.05, 3.63) is 39.7 Å². The molecule has 0 saturated heterocycles. The zero-order valence-electron chi connectivity index (χ0n) is 7.75. The molecule has 1 heterocycles. The normalized spacial score (nSPS) is 9.60. The summed E-state index contributed by atoms with van der Waals surface area (Å²) in [5.41, 5.74) is 5.74. The van der Waals surface area contributed by atoms with E-state index in [0.717, 1.165) is 0 Å². The van der Waals surface area contributed by atoms with Gasteiger partial charge in [0.15, 0.2) is 0 Å². The van der Waals surface area contributed by atoms with Gasteiger partial charge in [-0.2, -0.15) is 0 Å². The Morgan fingerprint density at radius 2 is 2.40 bits per heavy atom. The Bertz CT molecular complexity index is 380. The van der Waals surface area contributed by atoms with E-state index in [-0.39, 0.29) is 18.6 Å². The van der Waals surface area contributed by atoms with Crippen molar-refractivity contribution in [1.82, 2.24) is 4.98 Å². The first-order valence-corrected chi connectivity index (χ1v) is 4.12. The van der Waals surface area contributed by atoms with Gasteiger partial charge in [0.2, 0.25) is 0 Å². The van der Waals surface area contributed by atoms with Gasteiger partial charge in [-0.05, 0) is 12.1 Å². The number of pyridine rings is 1. The van der Waals surface area contributed by atoms with Gasteiger partial charge in [0.1, 0.15) is 6.61 Å². The number of amides is 1. The molecule has 15 heavy (non-hydrogen) atoms. The molecule has 0 aliphatic carbocycles. The van der Waals surface area contributed by atoms with Crippen molar-refractivity contribution in [3.63, 3.8) is 0 Å². The van der Waals surface area contributed by atoms with Gasteiger partial charge in [-0.25, -0.2) is 0 Å². The van der Waals surface area contributed by atoms with E-state index in [2.05, 4.69) is 9.82 Å². The molecular weight excluding hydrogens is 202 g/mol. The van der Waals surface area contributed by atoms with Crippen molar-refractivity contribution in [1.29, 1.82) is 0 Å². The number of nitrogens with zero attached hydrogens (tertiary/aromatic N) is 2. The summed E-state index contributed by atoms with van der Waals surface area (Å²) in [5, 5.41) is 8.98. The lowest BCUT2D eigenvalue weighted by Gasteiger charge is -2.03. The Kier molecular flexibility index (Phi) is 3.55. The summed E-state index contributed by atoms with van der Waals surface area (Å²) in [5.74, 6) is -0.612. The number of primary amides is 1. The van der Waals surface area contributed by atoms with Crippen LogP contribution in [0.3, 0.4) is 0 Å². The standard InChI is InChI=1S/C8H9N3O4/c9-8(12)6-2-1-4-10-7(6)3-5-15-11(13)14/h1-2,4H,3,5H2,(H2,9,12). The molecule has 0 aromatic carbocycles. The Labute approximate surface area is 85.0 Å². The van der Waals surface area contributed by atoms with Crippen molar-refractivity contribution >= 4 is 5.91 Å². The quantitative estimate of drug-likeness (QED) is 0.541. The van der Waals surface area contributed by atoms with Gasteiger partial charge in [-0.1, -0.05) is 0 Å². The summed E-state index contributed by atoms with van der Waals surface area (Å²) in [7, 11) is 0. The predicted octanol–water partition coefficient (Wildman–Crippen LogP) is -0.0687. The maximum Gasteiger partial charge on any atom is 0.294 e. The van der Waals surface area contributed by atoms with E-state index in [9.17, 15) is 14.9 Å². The van der Waals surface area contributed by atoms with Crippen molar-refractivity contribution in [2.45, 2.75) is 6.42 Å². The maximum atomic E-state index is 10.9. The first kappa shape index (κ1) is 10.9. The van der Waals surface area contributed by atoms with E-state index in [1.807, 2.05) is 0 Å². The number of rotatable bonds is 5. The molecule has 0 spiro atoms. The van der Waals surface area contributed by atoms with E-state index in [1.54, 1.807) is 6.07 Å². The van der Waals surface area contributed by atoms with Crippen molar-refractivity contribution in [2.75, 3.05) is 6.61 Å². The summed E-state index contributed by atoms with van der Waals surface area (Å²) < 4.78 is 0. The lowest BCUT2D eigenvalue weighted by atomic mass is 10.1. The minimum atomic E-state index is -0.896. The Morgan fingerprint density at radius 1 is 1.67 bits per heavy atom. The van der Waals surface area contributed by atoms with Gasteiger partial charge >= 0.3 is 0 Å². The number of hydrogen-bond acceptors (Lipinski definition) is 5. The number of aromatic nitrogens is 1. The average Bonchev–Trinajstić information content (AvgIpc) is 2.17. The lowest BCUT2D eigenvalue weighted by Crippen LogP contribution is -2.16. The Balaban J connectivity index is 2.67. The third-order valence-corrected chi connectivity index (χ3v) is 1.69. The van der Waals surface area contributed by atoms with Crippen LogP contribution in [0.15, 0.2) is 18.3 Å². The number of carbonyl (C=O) groups excluding carboxylic acids is 1. The van der Waals surface area contributed by atoms with Gasteiger partial charge in [0.05, 0.1) is 11.3 Å². The second kappa shape index (κ2) is 4.89. The van der Waals surface area contributed by atoms with E-state index in [4.69, 9.17) is 5.73 Å². The molecule has 1 aromatic rings. The third kappa shape index (κ3) is 3.22. The molecule has 0 aliphatic heterocycles. The summed E-state index contributed by atoms with van der Waals surface area (Å²) in [6.07, 6.45) is 1.65. The first-order chi connectivity index (χ1) is 7.11. The van der Waals surface area contributed by atoms with Crippen LogP contribution in [-0.2, 0) is 11.3 Å². The number of hydrogen-bond donors (Lipinski definition) is 1. The fraction of sp³-hybridized carbons (Fsp3) is 0.250. The summed E-state index contributed by atoms with van der Waals surface area (Å²) in [4.78, 5) is 28.8. The second-order valence-corrected chi connectivity index (χ2v) is 2.67. The van der Waals surface area contributed by atoms with Gasteiger partial charge in [0.25, 0.3) is 11.0 Å². The monoisotopic (exact) mass is 211 g/mol. The fourth-order valence-electron chi connectivity index (χ4n) is 1.08. The van der Waals surface area contributed by atoms with Gasteiger partial charge < -0.3 is 10.6 Å². The highest BCUT2D eigenvalue weighted by Gasteiger charge is 2.08. The molecule has 0 atom stereocenters. The third-order valence-electron chi connectivity index (χ3n) is 1.69. The highest BCUT2D eigenvalue weighted by Crippen LogP contribution is 2.05. The molecule has 0 radical (unpaired) electrons. The summed E-state index contributed by atoms with van der Waals surface area (Å²) in [6, 6.07) is 3.08. The Morgan fingerprint density at radius 3 is 3.00 bits per heavy atom. The van der Waals surface area contributed by atoms with Crippen LogP contribution in [0, 0.1) is 10.1 Å². The van der Waals surface area contributed by atoms with Crippen molar-refractivity contribution in [2.24, 2.45) is 5.73 Å². The highest BCUT2D eigenvalue weighted by atomic mass is 16.9. The zero-order chi connectivity index (χ0) is 11.3. The van der Waals surface area contributed by atoms with Gasteiger partial charge in [-0.15, -0.1) is 10.1 Å². The molecule has 7 nitrogen and oxygen atoms in total. The van der Waals surface area contributed by atoms with E-state index < -0.39 is 11.0 Å². The zero-order valence-corrected chi connectivity index (χ0v) is 7.75. The second-order valence-electron chi connectivity index (χ2n) is 2.67. The van der Waals surface area contributed by atoms with E-state index in [0.29, 0.717) is 5.69 Å². The molecule has 1 amide bonds. The van der Waals surface area contributed by atoms with Crippen LogP contribution in [-0.4, -0.2) is 22.6 Å². The van der Waals surface area contributed by atoms with E-state index >= 15 is 0 Å². The lowest BCUT2D eigenvalue weighted by molar-refractivity contribution is -0.757. The molecule has 0 unspecified atom stereocenters. The average molecular weight is 211 g/mol. The van der Waals surface area contributed by atoms with Gasteiger partial charge in [0, 0.05) is 12.6 Å². The number of carbonyl (C=O) groups is 1. The molecule has 0 saturated carbocycles. The summed E-state index contributed by atoms with van der Waals surface area (Å²) in [6.45, 7) is -0.149. The van der Waals surface area contributed by atoms with Crippen LogP contribution >= 0.6 is 0 Å². The minimum Gasteiger partial charge on any atom is -0.366 e. The molecule has 1 rings (SSSR count). The van der Waals surface area contributed by atoms with Crippen LogP contribution in [0.4, 0.5) is 0 Å². The van der Waals surface area contributed by atoms with Crippen LogP contribution < -0.4 is 5.73 Å². The van der Waals surface area contributed by atoms with Crippen LogP contribution in [0.1, 0.15) is 16.1 Å². The smallest absolute Gasteiger partial charge is 0.294 e. The largest absolute Gasteiger partial charge is 0.366 e. The molecule has 7 heteroatoms. The highest BCUT2D eigenvalue weighted by molar-refractivity contribution is 5.93. The molecule has 0 aliphatic rings. The first-order valence-electron chi connectivity index (χ1n) is 4.12. The molecule has 0 bridgehead atoms. The summed E-state index contributed by atoms with van der Waals surface area (Å²) >= 11 is 0. The minimum absolute atomic E-state index is 0.149. The molecule has 1 aromatic heterocycles. The van der Waals surface area contributed by atoms with Crippen LogP contribution in [0.5, 0.6) is 0 Å². The molecular formula is C8H9N3O4. The molecule has 0 fully saturated rings. The van der Waals surface area contributed by atoms with Crippen LogP contribution in [0.2, 0.25) is 0 Å². The van der Waals surface area contributed by atoms with E-state index in [1.165, 1.54) is 12.3 Å². The SMILES string of the molecule is NC(=O)c1cccnc1CCO[N+](=O)[O-]. The number of nitrogens with two attached hydrogens (primary N) is 1. The van der Waals surface area contributed by atoms with Crippen molar-refractivity contribution in [3.8, 4) is 0 Å². The maximum absolute atomic E-state index is 10.9. The molecule has 2 N–H and O–H groups in total. The topological polar surface area (TPSA) is 108 Å². The van der Waals surface area contributed by atoms with Gasteiger partial charge in [-0.3, -0.25) is 9.78 Å². The van der Waals surface area contributed by atoms with Crippen molar-refractivity contribution < 1.29 is 14.7 Å². The predicted molar refractivity (Wildman–Crippen MR) is 49.4 cm³/mol.